The van der Waals surface area contributed by atoms with E-state index in [4.69, 9.17) is 14.2 Å². The monoisotopic (exact) mass is 483 g/mol. The maximum Gasteiger partial charge on any atom is 0.276 e. The molecule has 3 heterocycles. The number of ether oxygens (including phenoxy) is 3. The Morgan fingerprint density at radius 2 is 2.06 bits per heavy atom. The number of nitrogens with one attached hydrogen (secondary N) is 1. The molecule has 3 atom stereocenters. The molecule has 1 N–H and O–H groups in total. The highest BCUT2D eigenvalue weighted by Gasteiger charge is 2.47. The highest BCUT2D eigenvalue weighted by molar-refractivity contribution is 5.99. The lowest BCUT2D eigenvalue weighted by atomic mass is 10.1. The highest BCUT2D eigenvalue weighted by atomic mass is 19.1. The summed E-state index contributed by atoms with van der Waals surface area (Å²) in [6.07, 6.45) is 5.55. The van der Waals surface area contributed by atoms with Crippen molar-refractivity contribution in [3.63, 3.8) is 0 Å². The van der Waals surface area contributed by atoms with E-state index in [1.807, 2.05) is 0 Å². The summed E-state index contributed by atoms with van der Waals surface area (Å²) in [7, 11) is 1.32. The van der Waals surface area contributed by atoms with Gasteiger partial charge >= 0.3 is 0 Å². The number of pyridine rings is 1. The van der Waals surface area contributed by atoms with E-state index in [0.29, 0.717) is 17.9 Å². The molecular formula is C25H26FN3O6. The highest BCUT2D eigenvalue weighted by Crippen LogP contribution is 2.39. The molecule has 35 heavy (non-hydrogen) atoms. The fraction of sp³-hybridized carbons (Fsp3) is 0.480. The number of benzene rings is 1. The second kappa shape index (κ2) is 8.37. The minimum Gasteiger partial charge on any atom is -0.491 e. The first-order valence-electron chi connectivity index (χ1n) is 12.0. The van der Waals surface area contributed by atoms with Crippen molar-refractivity contribution in [2.75, 3.05) is 7.11 Å². The van der Waals surface area contributed by atoms with Crippen molar-refractivity contribution in [3.05, 3.63) is 57.3 Å². The number of fused-ring (bicyclic) bond motifs is 5. The Balaban J connectivity index is 1.28. The molecule has 1 saturated heterocycles. The van der Waals surface area contributed by atoms with Gasteiger partial charge in [-0.1, -0.05) is 6.07 Å². The van der Waals surface area contributed by atoms with Gasteiger partial charge in [0.05, 0.1) is 25.9 Å². The summed E-state index contributed by atoms with van der Waals surface area (Å²) in [5.74, 6) is -1.14. The first kappa shape index (κ1) is 22.1. The van der Waals surface area contributed by atoms with Crippen LogP contribution in [-0.2, 0) is 17.8 Å². The quantitative estimate of drug-likeness (QED) is 0.677. The molecule has 9 nitrogen and oxygen atoms in total. The molecule has 184 valence electrons. The van der Waals surface area contributed by atoms with E-state index in [2.05, 4.69) is 5.32 Å². The van der Waals surface area contributed by atoms with Crippen molar-refractivity contribution in [2.24, 2.45) is 0 Å². The van der Waals surface area contributed by atoms with Gasteiger partial charge in [-0.2, -0.15) is 0 Å². The fourth-order valence-electron chi connectivity index (χ4n) is 5.31. The molecule has 10 heteroatoms. The molecule has 2 aliphatic heterocycles. The third-order valence-electron chi connectivity index (χ3n) is 7.17. The molecule has 0 radical (unpaired) electrons. The van der Waals surface area contributed by atoms with Gasteiger partial charge in [0.2, 0.25) is 5.43 Å². The second-order valence-corrected chi connectivity index (χ2v) is 9.55. The number of hydrogen-bond acceptors (Lipinski definition) is 6. The first-order valence-corrected chi connectivity index (χ1v) is 12.0. The largest absolute Gasteiger partial charge is 0.491 e. The van der Waals surface area contributed by atoms with E-state index >= 15 is 0 Å². The minimum absolute atomic E-state index is 0.0481. The molecule has 2 amide bonds. The van der Waals surface area contributed by atoms with Crippen LogP contribution in [0.5, 0.6) is 11.5 Å². The summed E-state index contributed by atoms with van der Waals surface area (Å²) in [5.41, 5.74) is -0.0530. The summed E-state index contributed by atoms with van der Waals surface area (Å²) in [6.45, 7) is 0.356. The average molecular weight is 483 g/mol. The zero-order valence-electron chi connectivity index (χ0n) is 19.3. The maximum absolute atomic E-state index is 13.7. The van der Waals surface area contributed by atoms with Crippen LogP contribution >= 0.6 is 0 Å². The van der Waals surface area contributed by atoms with Crippen LogP contribution in [-0.4, -0.2) is 52.9 Å². The van der Waals surface area contributed by atoms with Gasteiger partial charge in [0.15, 0.2) is 17.7 Å². The molecular weight excluding hydrogens is 457 g/mol. The molecule has 3 fully saturated rings. The number of methoxy groups -OCH3 is 1. The standard InChI is InChI=1S/C25H26FN3O6/c1-33-23-21-25(32)29-15-4-5-17(9-15)35-20(29)12-28(21)11-18(22(23)30)24(31)27-10-13-2-3-14(26)8-19(13)34-16-6-7-16/h2-3,8,11,15-17,20H,4-7,9-10,12H2,1H3,(H,27,31)/t15-,17+,20-/m0/s1. The number of nitrogens with zero attached hydrogens (tertiary/aromatic N) is 2. The molecule has 1 aromatic heterocycles. The number of rotatable bonds is 6. The van der Waals surface area contributed by atoms with Crippen molar-refractivity contribution < 1.29 is 28.2 Å². The molecule has 1 aromatic carbocycles. The molecule has 0 unspecified atom stereocenters. The summed E-state index contributed by atoms with van der Waals surface area (Å²) < 4.78 is 32.5. The molecule has 4 aliphatic rings. The van der Waals surface area contributed by atoms with Crippen LogP contribution in [0.25, 0.3) is 0 Å². The Morgan fingerprint density at radius 1 is 1.23 bits per heavy atom. The summed E-state index contributed by atoms with van der Waals surface area (Å²) in [6, 6.07) is 4.23. The number of amides is 2. The van der Waals surface area contributed by atoms with Crippen LogP contribution in [0.4, 0.5) is 4.39 Å². The van der Waals surface area contributed by atoms with Crippen LogP contribution in [0.3, 0.4) is 0 Å². The number of carbonyl (C=O) groups is 2. The van der Waals surface area contributed by atoms with E-state index in [0.717, 1.165) is 32.1 Å². The van der Waals surface area contributed by atoms with Crippen molar-refractivity contribution in [3.8, 4) is 11.5 Å². The smallest absolute Gasteiger partial charge is 0.276 e. The van der Waals surface area contributed by atoms with Crippen molar-refractivity contribution in [1.29, 1.82) is 0 Å². The van der Waals surface area contributed by atoms with Crippen molar-refractivity contribution >= 4 is 11.8 Å². The van der Waals surface area contributed by atoms with Crippen molar-refractivity contribution in [1.82, 2.24) is 14.8 Å². The molecule has 2 bridgehead atoms. The third-order valence-corrected chi connectivity index (χ3v) is 7.17. The summed E-state index contributed by atoms with van der Waals surface area (Å²) >= 11 is 0. The van der Waals surface area contributed by atoms with Gasteiger partial charge in [0, 0.05) is 30.4 Å². The number of aromatic nitrogens is 1. The first-order chi connectivity index (χ1) is 16.9. The van der Waals surface area contributed by atoms with Gasteiger partial charge in [0.25, 0.3) is 11.8 Å². The predicted molar refractivity (Wildman–Crippen MR) is 121 cm³/mol. The van der Waals surface area contributed by atoms with E-state index in [1.165, 1.54) is 25.4 Å². The number of hydrogen-bond donors (Lipinski definition) is 1. The summed E-state index contributed by atoms with van der Waals surface area (Å²) in [5, 5.41) is 2.72. The minimum atomic E-state index is -0.654. The van der Waals surface area contributed by atoms with E-state index in [1.54, 1.807) is 15.5 Å². The third kappa shape index (κ3) is 3.85. The van der Waals surface area contributed by atoms with E-state index in [9.17, 15) is 18.8 Å². The molecule has 6 rings (SSSR count). The average Bonchev–Trinajstić information content (AvgIpc) is 3.58. The van der Waals surface area contributed by atoms with Gasteiger partial charge in [0.1, 0.15) is 17.1 Å². The Morgan fingerprint density at radius 3 is 2.83 bits per heavy atom. The number of halogens is 1. The lowest BCUT2D eigenvalue weighted by Crippen LogP contribution is -2.57. The zero-order valence-corrected chi connectivity index (χ0v) is 19.3. The van der Waals surface area contributed by atoms with Gasteiger partial charge in [-0.25, -0.2) is 4.39 Å². The molecule has 2 aliphatic carbocycles. The topological polar surface area (TPSA) is 99.1 Å². The van der Waals surface area contributed by atoms with Crippen LogP contribution in [0.15, 0.2) is 29.2 Å². The SMILES string of the molecule is COc1c2n(cc(C(=O)NCc3ccc(F)cc3OC3CC3)c1=O)C[C@@H]1O[C@@H]3CC[C@@H](C3)N1C2=O. The van der Waals surface area contributed by atoms with Crippen LogP contribution in [0.2, 0.25) is 0 Å². The second-order valence-electron chi connectivity index (χ2n) is 9.55. The zero-order chi connectivity index (χ0) is 24.3. The fourth-order valence-corrected chi connectivity index (χ4v) is 5.31. The lowest BCUT2D eigenvalue weighted by Gasteiger charge is -2.44. The van der Waals surface area contributed by atoms with Crippen LogP contribution < -0.4 is 20.2 Å². The Kier molecular flexibility index (Phi) is 5.28. The molecule has 0 spiro atoms. The Hall–Kier alpha value is -3.40. The Labute approximate surface area is 200 Å². The van der Waals surface area contributed by atoms with Gasteiger partial charge in [-0.05, 0) is 38.2 Å². The van der Waals surface area contributed by atoms with Crippen LogP contribution in [0, 0.1) is 5.82 Å². The van der Waals surface area contributed by atoms with E-state index < -0.39 is 23.4 Å². The van der Waals surface area contributed by atoms with E-state index in [-0.39, 0.29) is 47.7 Å². The van der Waals surface area contributed by atoms with Gasteiger partial charge in [-0.3, -0.25) is 14.4 Å². The van der Waals surface area contributed by atoms with Crippen molar-refractivity contribution in [2.45, 2.75) is 69.7 Å². The van der Waals surface area contributed by atoms with Crippen LogP contribution in [0.1, 0.15) is 58.5 Å². The maximum atomic E-state index is 13.7. The molecule has 2 saturated carbocycles. The lowest BCUT2D eigenvalue weighted by molar-refractivity contribution is -0.132. The normalized spacial score (nSPS) is 24.6. The Bertz CT molecular complexity index is 1270. The molecule has 2 aromatic rings. The summed E-state index contributed by atoms with van der Waals surface area (Å²) in [4.78, 5) is 41.3. The van der Waals surface area contributed by atoms with Gasteiger partial charge in [-0.15, -0.1) is 0 Å². The predicted octanol–water partition coefficient (Wildman–Crippen LogP) is 2.20. The number of carbonyl (C=O) groups excluding carboxylic acids is 2. The van der Waals surface area contributed by atoms with Gasteiger partial charge < -0.3 is 29.0 Å².